The van der Waals surface area contributed by atoms with Crippen LogP contribution in [0.25, 0.3) is 32.8 Å². The molecule has 2 N–H and O–H groups in total. The number of benzene rings is 3. The molecule has 3 aromatic carbocycles. The van der Waals surface area contributed by atoms with Crippen LogP contribution in [0, 0.1) is 15.9 Å². The van der Waals surface area contributed by atoms with Crippen LogP contribution >= 0.6 is 0 Å². The quantitative estimate of drug-likeness (QED) is 0.230. The fraction of sp³-hybridized carbons (Fsp3) is 0.438. The number of piperazine rings is 1. The van der Waals surface area contributed by atoms with Crippen LogP contribution in [0.4, 0.5) is 20.3 Å². The Bertz CT molecular complexity index is 1810. The number of nitrogens with zero attached hydrogens (tertiary/aromatic N) is 5. The van der Waals surface area contributed by atoms with Gasteiger partial charge in [0.05, 0.1) is 21.4 Å². The first-order valence-corrected chi connectivity index (χ1v) is 15.2. The smallest absolute Gasteiger partial charge is 0.319 e. The molecule has 228 valence electrons. The van der Waals surface area contributed by atoms with Crippen LogP contribution in [0.1, 0.15) is 32.1 Å². The van der Waals surface area contributed by atoms with Gasteiger partial charge in [-0.1, -0.05) is 24.3 Å². The summed E-state index contributed by atoms with van der Waals surface area (Å²) >= 11 is 0. The van der Waals surface area contributed by atoms with Crippen LogP contribution in [-0.2, 0) is 0 Å². The Morgan fingerprint density at radius 3 is 2.70 bits per heavy atom. The highest BCUT2D eigenvalue weighted by molar-refractivity contribution is 6.04. The number of hydrogen-bond donors (Lipinski definition) is 2. The summed E-state index contributed by atoms with van der Waals surface area (Å²) in [5.74, 6) is -0.644. The molecule has 4 fully saturated rings. The summed E-state index contributed by atoms with van der Waals surface area (Å²) < 4.78 is 37.6. The van der Waals surface area contributed by atoms with E-state index in [1.165, 1.54) is 18.2 Å². The van der Waals surface area contributed by atoms with E-state index in [0.29, 0.717) is 42.6 Å². The summed E-state index contributed by atoms with van der Waals surface area (Å²) in [7, 11) is 0. The maximum absolute atomic E-state index is 16.9. The van der Waals surface area contributed by atoms with Crippen molar-refractivity contribution in [3.05, 3.63) is 58.4 Å². The van der Waals surface area contributed by atoms with E-state index in [1.54, 1.807) is 24.3 Å². The van der Waals surface area contributed by atoms with Crippen molar-refractivity contribution in [2.45, 2.75) is 55.9 Å². The predicted octanol–water partition coefficient (Wildman–Crippen LogP) is 5.10. The standard InChI is InChI=1S/C32H32F2N6O4/c33-19-13-32(8-3-9-39(32)14-19)17-44-31-36-29-25(30(37-31)38-15-20-6-7-21(16-38)35-20)12-26(40(42)43)27(28(29)34)24-11-22(41)10-18-4-1-2-5-23(18)24/h1-2,4-5,10-12,19-21,35,41H,3,6-9,13-17H2/t19-,20-,21+,32+/m1/s1. The van der Waals surface area contributed by atoms with Crippen molar-refractivity contribution >= 4 is 33.2 Å². The maximum Gasteiger partial charge on any atom is 0.319 e. The number of ether oxygens (including phenoxy) is 1. The van der Waals surface area contributed by atoms with Crippen LogP contribution in [0.3, 0.4) is 0 Å². The van der Waals surface area contributed by atoms with E-state index in [0.717, 1.165) is 32.2 Å². The minimum Gasteiger partial charge on any atom is -0.508 e. The van der Waals surface area contributed by atoms with Crippen LogP contribution in [-0.4, -0.2) is 81.5 Å². The maximum atomic E-state index is 16.9. The number of fused-ring (bicyclic) bond motifs is 5. The van der Waals surface area contributed by atoms with Crippen molar-refractivity contribution in [3.63, 3.8) is 0 Å². The van der Waals surface area contributed by atoms with E-state index < -0.39 is 28.1 Å². The molecule has 0 saturated carbocycles. The Morgan fingerprint density at radius 1 is 1.11 bits per heavy atom. The van der Waals surface area contributed by atoms with Crippen molar-refractivity contribution in [2.75, 3.05) is 37.7 Å². The van der Waals surface area contributed by atoms with Gasteiger partial charge in [0.1, 0.15) is 29.9 Å². The summed E-state index contributed by atoms with van der Waals surface area (Å²) in [5, 5.41) is 28.0. The molecular weight excluding hydrogens is 570 g/mol. The first-order chi connectivity index (χ1) is 21.3. The van der Waals surface area contributed by atoms with E-state index in [4.69, 9.17) is 9.72 Å². The number of anilines is 1. The number of rotatable bonds is 6. The molecule has 4 aromatic rings. The van der Waals surface area contributed by atoms with Crippen LogP contribution in [0.5, 0.6) is 11.8 Å². The highest BCUT2D eigenvalue weighted by atomic mass is 19.1. The van der Waals surface area contributed by atoms with Gasteiger partial charge in [0, 0.05) is 49.8 Å². The molecule has 4 atom stereocenters. The largest absolute Gasteiger partial charge is 0.508 e. The molecule has 8 rings (SSSR count). The van der Waals surface area contributed by atoms with Crippen molar-refractivity contribution in [1.29, 1.82) is 0 Å². The zero-order chi connectivity index (χ0) is 30.2. The number of nitrogens with one attached hydrogen (secondary N) is 1. The Kier molecular flexibility index (Phi) is 6.35. The monoisotopic (exact) mass is 602 g/mol. The number of nitro benzene ring substituents is 1. The van der Waals surface area contributed by atoms with Gasteiger partial charge in [0.15, 0.2) is 5.82 Å². The van der Waals surface area contributed by atoms with E-state index in [-0.39, 0.29) is 52.5 Å². The second kappa shape index (κ2) is 10.2. The molecule has 4 aliphatic heterocycles. The van der Waals surface area contributed by atoms with E-state index in [2.05, 4.69) is 15.2 Å². The predicted molar refractivity (Wildman–Crippen MR) is 161 cm³/mol. The molecule has 4 aliphatic rings. The van der Waals surface area contributed by atoms with E-state index in [9.17, 15) is 19.6 Å². The van der Waals surface area contributed by atoms with Gasteiger partial charge in [-0.2, -0.15) is 9.97 Å². The normalized spacial score (nSPS) is 26.5. The highest BCUT2D eigenvalue weighted by Crippen LogP contribution is 2.45. The second-order valence-electron chi connectivity index (χ2n) is 12.7. The van der Waals surface area contributed by atoms with Crippen LogP contribution in [0.2, 0.25) is 0 Å². The first-order valence-electron chi connectivity index (χ1n) is 15.2. The number of phenols is 1. The number of phenolic OH excluding ortho intramolecular Hbond substituents is 1. The zero-order valence-electron chi connectivity index (χ0n) is 24.0. The first kappa shape index (κ1) is 27.4. The fourth-order valence-electron chi connectivity index (χ4n) is 8.00. The lowest BCUT2D eigenvalue weighted by atomic mass is 9.94. The Labute approximate surface area is 251 Å². The molecule has 1 aromatic heterocycles. The van der Waals surface area contributed by atoms with Crippen LogP contribution in [0.15, 0.2) is 42.5 Å². The highest BCUT2D eigenvalue weighted by Gasteiger charge is 2.49. The number of hydrogen-bond acceptors (Lipinski definition) is 9. The molecule has 0 unspecified atom stereocenters. The van der Waals surface area contributed by atoms with Crippen molar-refractivity contribution < 1.29 is 23.5 Å². The van der Waals surface area contributed by atoms with Gasteiger partial charge in [-0.05, 0) is 55.1 Å². The summed E-state index contributed by atoms with van der Waals surface area (Å²) in [6.07, 6.45) is 3.18. The van der Waals surface area contributed by atoms with Gasteiger partial charge in [0.25, 0.3) is 5.69 Å². The summed E-state index contributed by atoms with van der Waals surface area (Å²) in [4.78, 5) is 25.3. The Hall–Kier alpha value is -4.16. The van der Waals surface area contributed by atoms with E-state index >= 15 is 4.39 Å². The molecule has 44 heavy (non-hydrogen) atoms. The summed E-state index contributed by atoms with van der Waals surface area (Å²) in [5.41, 5.74) is -1.06. The number of nitro groups is 1. The van der Waals surface area contributed by atoms with Gasteiger partial charge in [-0.25, -0.2) is 8.78 Å². The molecule has 12 heteroatoms. The number of aromatic nitrogens is 2. The molecule has 0 amide bonds. The van der Waals surface area contributed by atoms with Gasteiger partial charge in [0.2, 0.25) is 0 Å². The average molecular weight is 603 g/mol. The molecule has 10 nitrogen and oxygen atoms in total. The van der Waals surface area contributed by atoms with Crippen LogP contribution < -0.4 is 15.0 Å². The topological polar surface area (TPSA) is 117 Å². The lowest BCUT2D eigenvalue weighted by Gasteiger charge is -2.34. The molecule has 2 bridgehead atoms. The van der Waals surface area contributed by atoms with Gasteiger partial charge in [-0.3, -0.25) is 15.0 Å². The molecule has 5 heterocycles. The van der Waals surface area contributed by atoms with Gasteiger partial charge in [-0.15, -0.1) is 0 Å². The summed E-state index contributed by atoms with van der Waals surface area (Å²) in [6, 6.07) is 11.7. The molecule has 0 spiro atoms. The van der Waals surface area contributed by atoms with Gasteiger partial charge < -0.3 is 20.1 Å². The third-order valence-corrected chi connectivity index (χ3v) is 9.93. The lowest BCUT2D eigenvalue weighted by molar-refractivity contribution is -0.384. The van der Waals surface area contributed by atoms with Crippen molar-refractivity contribution in [2.24, 2.45) is 0 Å². The minimum absolute atomic E-state index is 0.0404. The summed E-state index contributed by atoms with van der Waals surface area (Å²) in [6.45, 7) is 2.56. The Balaban J connectivity index is 1.31. The van der Waals surface area contributed by atoms with Gasteiger partial charge >= 0.3 is 6.01 Å². The SMILES string of the molecule is O=[N+]([O-])c1cc2c(N3C[C@H]4CC[C@@H](C3)N4)nc(OC[C@@]34CCCN3C[C@H](F)C4)nc2c(F)c1-c1cc(O)cc2ccccc12. The number of aromatic hydroxyl groups is 1. The molecule has 4 saturated heterocycles. The molecule has 0 radical (unpaired) electrons. The number of alkyl halides is 1. The zero-order valence-corrected chi connectivity index (χ0v) is 24.0. The minimum atomic E-state index is -0.930. The fourth-order valence-corrected chi connectivity index (χ4v) is 8.00. The lowest BCUT2D eigenvalue weighted by Crippen LogP contribution is -2.51. The van der Waals surface area contributed by atoms with Crippen molar-refractivity contribution in [3.8, 4) is 22.9 Å². The Morgan fingerprint density at radius 2 is 1.91 bits per heavy atom. The van der Waals surface area contributed by atoms with Crippen molar-refractivity contribution in [1.82, 2.24) is 20.2 Å². The van der Waals surface area contributed by atoms with E-state index in [1.807, 2.05) is 4.90 Å². The third-order valence-electron chi connectivity index (χ3n) is 9.93. The number of halogens is 2. The second-order valence-corrected chi connectivity index (χ2v) is 12.7. The molecule has 0 aliphatic carbocycles. The molecular formula is C32H32F2N6O4. The third kappa shape index (κ3) is 4.42. The average Bonchev–Trinajstić information content (AvgIpc) is 3.65.